The molecule has 1 aromatic carbocycles. The van der Waals surface area contributed by atoms with Crippen molar-refractivity contribution < 1.29 is 14.0 Å². The average molecular weight is 330 g/mol. The topological polar surface area (TPSA) is 88.9 Å². The SMILES string of the molecule is O=C(Cc1occc1Cc1ccccc1Cl)C(=O)c1nc[nH]n1. The van der Waals surface area contributed by atoms with Crippen molar-refractivity contribution in [2.75, 3.05) is 0 Å². The van der Waals surface area contributed by atoms with E-state index in [1.54, 1.807) is 12.1 Å². The predicted molar refractivity (Wildman–Crippen MR) is 82.4 cm³/mol. The number of nitrogens with zero attached hydrogens (tertiary/aromatic N) is 2. The lowest BCUT2D eigenvalue weighted by atomic mass is 10.0. The Labute approximate surface area is 136 Å². The monoisotopic (exact) mass is 329 g/mol. The highest BCUT2D eigenvalue weighted by atomic mass is 35.5. The lowest BCUT2D eigenvalue weighted by molar-refractivity contribution is -0.114. The smallest absolute Gasteiger partial charge is 0.268 e. The molecule has 1 N–H and O–H groups in total. The van der Waals surface area contributed by atoms with Crippen molar-refractivity contribution in [3.05, 3.63) is 70.7 Å². The number of hydrogen-bond donors (Lipinski definition) is 1. The molecule has 0 unspecified atom stereocenters. The van der Waals surface area contributed by atoms with Gasteiger partial charge in [-0.15, -0.1) is 5.10 Å². The van der Waals surface area contributed by atoms with Crippen LogP contribution in [0, 0.1) is 0 Å². The number of Topliss-reactive ketones (excluding diaryl/α,β-unsaturated/α-hetero) is 2. The Morgan fingerprint density at radius 2 is 2.00 bits per heavy atom. The second kappa shape index (κ2) is 6.58. The van der Waals surface area contributed by atoms with Gasteiger partial charge in [0.25, 0.3) is 5.78 Å². The fourth-order valence-corrected chi connectivity index (χ4v) is 2.40. The van der Waals surface area contributed by atoms with E-state index in [0.29, 0.717) is 17.2 Å². The first-order chi connectivity index (χ1) is 11.1. The molecule has 23 heavy (non-hydrogen) atoms. The zero-order chi connectivity index (χ0) is 16.2. The van der Waals surface area contributed by atoms with Crippen LogP contribution in [0.1, 0.15) is 27.5 Å². The molecule has 0 fully saturated rings. The van der Waals surface area contributed by atoms with Gasteiger partial charge in [-0.25, -0.2) is 4.98 Å². The van der Waals surface area contributed by atoms with Crippen molar-refractivity contribution in [1.29, 1.82) is 0 Å². The Hall–Kier alpha value is -2.73. The van der Waals surface area contributed by atoms with E-state index in [9.17, 15) is 9.59 Å². The number of benzene rings is 1. The molecule has 0 saturated heterocycles. The molecule has 0 atom stereocenters. The molecule has 0 amide bonds. The molecule has 3 aromatic rings. The summed E-state index contributed by atoms with van der Waals surface area (Å²) in [6.07, 6.45) is 3.12. The summed E-state index contributed by atoms with van der Waals surface area (Å²) in [5.41, 5.74) is 1.73. The van der Waals surface area contributed by atoms with Crippen LogP contribution in [0.4, 0.5) is 0 Å². The molecule has 6 nitrogen and oxygen atoms in total. The minimum Gasteiger partial charge on any atom is -0.469 e. The number of aromatic nitrogens is 3. The van der Waals surface area contributed by atoms with E-state index in [2.05, 4.69) is 15.2 Å². The van der Waals surface area contributed by atoms with Crippen molar-refractivity contribution in [2.24, 2.45) is 0 Å². The highest BCUT2D eigenvalue weighted by molar-refractivity contribution is 6.43. The number of furan rings is 1. The van der Waals surface area contributed by atoms with Gasteiger partial charge in [0.1, 0.15) is 12.1 Å². The van der Waals surface area contributed by atoms with Crippen LogP contribution < -0.4 is 0 Å². The molecule has 0 bridgehead atoms. The van der Waals surface area contributed by atoms with Crippen LogP contribution in [-0.4, -0.2) is 26.7 Å². The molecule has 7 heteroatoms. The van der Waals surface area contributed by atoms with Crippen LogP contribution in [0.25, 0.3) is 0 Å². The number of nitrogens with one attached hydrogen (secondary N) is 1. The normalized spacial score (nSPS) is 10.7. The molecule has 2 heterocycles. The second-order valence-electron chi connectivity index (χ2n) is 4.89. The van der Waals surface area contributed by atoms with Crippen LogP contribution in [-0.2, 0) is 17.6 Å². The third-order valence-electron chi connectivity index (χ3n) is 3.37. The van der Waals surface area contributed by atoms with Gasteiger partial charge in [0.15, 0.2) is 0 Å². The quantitative estimate of drug-likeness (QED) is 0.554. The maximum atomic E-state index is 12.1. The minimum absolute atomic E-state index is 0.139. The molecule has 0 aliphatic heterocycles. The van der Waals surface area contributed by atoms with Crippen LogP contribution in [0.3, 0.4) is 0 Å². The molecule has 0 aliphatic carbocycles. The molecule has 116 valence electrons. The van der Waals surface area contributed by atoms with Gasteiger partial charge in [-0.3, -0.25) is 14.7 Å². The Morgan fingerprint density at radius 1 is 1.17 bits per heavy atom. The zero-order valence-corrected chi connectivity index (χ0v) is 12.7. The Balaban J connectivity index is 1.75. The minimum atomic E-state index is -0.744. The first-order valence-corrected chi connectivity index (χ1v) is 7.25. The number of halogens is 1. The van der Waals surface area contributed by atoms with Crippen LogP contribution in [0.5, 0.6) is 0 Å². The third kappa shape index (κ3) is 3.37. The number of hydrogen-bond acceptors (Lipinski definition) is 5. The van der Waals surface area contributed by atoms with Gasteiger partial charge in [0.2, 0.25) is 11.6 Å². The van der Waals surface area contributed by atoms with Gasteiger partial charge in [-0.05, 0) is 23.3 Å². The van der Waals surface area contributed by atoms with E-state index in [-0.39, 0.29) is 12.2 Å². The van der Waals surface area contributed by atoms with Gasteiger partial charge in [0, 0.05) is 11.4 Å². The van der Waals surface area contributed by atoms with E-state index in [1.807, 2.05) is 18.2 Å². The van der Waals surface area contributed by atoms with E-state index >= 15 is 0 Å². The summed E-state index contributed by atoms with van der Waals surface area (Å²) in [6.45, 7) is 0. The number of aromatic amines is 1. The number of rotatable bonds is 6. The van der Waals surface area contributed by atoms with Crippen molar-refractivity contribution in [2.45, 2.75) is 12.8 Å². The molecular weight excluding hydrogens is 318 g/mol. The Morgan fingerprint density at radius 3 is 2.74 bits per heavy atom. The van der Waals surface area contributed by atoms with Crippen LogP contribution in [0.2, 0.25) is 5.02 Å². The van der Waals surface area contributed by atoms with Gasteiger partial charge >= 0.3 is 0 Å². The molecule has 2 aromatic heterocycles. The maximum Gasteiger partial charge on any atom is 0.268 e. The highest BCUT2D eigenvalue weighted by Gasteiger charge is 2.22. The van der Waals surface area contributed by atoms with Crippen molar-refractivity contribution >= 4 is 23.2 Å². The summed E-state index contributed by atoms with van der Waals surface area (Å²) in [6, 6.07) is 9.21. The Kier molecular flexibility index (Phi) is 4.34. The largest absolute Gasteiger partial charge is 0.469 e. The van der Waals surface area contributed by atoms with Gasteiger partial charge in [-0.2, -0.15) is 0 Å². The predicted octanol–water partition coefficient (Wildman–Crippen LogP) is 2.64. The molecule has 3 rings (SSSR count). The fraction of sp³-hybridized carbons (Fsp3) is 0.125. The summed E-state index contributed by atoms with van der Waals surface area (Å²) in [5, 5.41) is 6.66. The second-order valence-corrected chi connectivity index (χ2v) is 5.30. The zero-order valence-electron chi connectivity index (χ0n) is 12.0. The van der Waals surface area contributed by atoms with Gasteiger partial charge < -0.3 is 4.42 Å². The van der Waals surface area contributed by atoms with Crippen LogP contribution >= 0.6 is 11.6 Å². The van der Waals surface area contributed by atoms with Crippen molar-refractivity contribution in [3.63, 3.8) is 0 Å². The van der Waals surface area contributed by atoms with Gasteiger partial charge in [0.05, 0.1) is 12.7 Å². The van der Waals surface area contributed by atoms with E-state index in [4.69, 9.17) is 16.0 Å². The highest BCUT2D eigenvalue weighted by Crippen LogP contribution is 2.22. The standard InChI is InChI=1S/C16H12ClN3O3/c17-12-4-2-1-3-10(12)7-11-5-6-23-14(11)8-13(21)15(22)16-18-9-19-20-16/h1-6,9H,7-8H2,(H,18,19,20). The summed E-state index contributed by atoms with van der Waals surface area (Å²) in [4.78, 5) is 27.6. The maximum absolute atomic E-state index is 12.1. The number of carbonyl (C=O) groups excluding carboxylic acids is 2. The number of H-pyrrole nitrogens is 1. The number of carbonyl (C=O) groups is 2. The van der Waals surface area contributed by atoms with Crippen LogP contribution in [0.15, 0.2) is 47.3 Å². The Bertz CT molecular complexity index is 840. The van der Waals surface area contributed by atoms with Crippen molar-refractivity contribution in [3.8, 4) is 0 Å². The lowest BCUT2D eigenvalue weighted by Gasteiger charge is -2.04. The molecular formula is C16H12ClN3O3. The third-order valence-corrected chi connectivity index (χ3v) is 3.74. The first kappa shape index (κ1) is 15.2. The molecule has 0 saturated carbocycles. The summed E-state index contributed by atoms with van der Waals surface area (Å²) >= 11 is 6.15. The van der Waals surface area contributed by atoms with E-state index < -0.39 is 11.6 Å². The fourth-order valence-electron chi connectivity index (χ4n) is 2.20. The number of ketones is 2. The summed E-state index contributed by atoms with van der Waals surface area (Å²) in [7, 11) is 0. The summed E-state index contributed by atoms with van der Waals surface area (Å²) < 4.78 is 5.35. The van der Waals surface area contributed by atoms with Gasteiger partial charge in [-0.1, -0.05) is 29.8 Å². The van der Waals surface area contributed by atoms with Crippen molar-refractivity contribution in [1.82, 2.24) is 15.2 Å². The molecule has 0 radical (unpaired) electrons. The average Bonchev–Trinajstić information content (AvgIpc) is 3.21. The summed E-state index contributed by atoms with van der Waals surface area (Å²) in [5.74, 6) is -1.07. The molecule has 0 spiro atoms. The van der Waals surface area contributed by atoms with E-state index in [0.717, 1.165) is 11.1 Å². The van der Waals surface area contributed by atoms with E-state index in [1.165, 1.54) is 12.6 Å². The lowest BCUT2D eigenvalue weighted by Crippen LogP contribution is -2.18. The first-order valence-electron chi connectivity index (χ1n) is 6.87. The molecule has 0 aliphatic rings.